The van der Waals surface area contributed by atoms with Crippen LogP contribution >= 0.6 is 11.6 Å². The van der Waals surface area contributed by atoms with Crippen LogP contribution in [0.4, 0.5) is 38.3 Å². The van der Waals surface area contributed by atoms with Gasteiger partial charge in [-0.25, -0.2) is 18.6 Å². The van der Waals surface area contributed by atoms with Gasteiger partial charge in [-0.3, -0.25) is 9.69 Å². The fourth-order valence-corrected chi connectivity index (χ4v) is 4.20. The molecule has 0 saturated carbocycles. The van der Waals surface area contributed by atoms with Gasteiger partial charge in [0.15, 0.2) is 5.82 Å². The Hall–Kier alpha value is -3.03. The van der Waals surface area contributed by atoms with Gasteiger partial charge in [0.1, 0.15) is 22.7 Å². The van der Waals surface area contributed by atoms with Crippen molar-refractivity contribution in [3.05, 3.63) is 52.2 Å². The molecular weight excluding hydrogens is 525 g/mol. The number of nitrogens with zero attached hydrogens (tertiary/aromatic N) is 5. The number of halogens is 6. The number of hydrogen-bond donors (Lipinski definition) is 1. The predicted octanol–water partition coefficient (Wildman–Crippen LogP) is 3.54. The monoisotopic (exact) mass is 549 g/mol. The zero-order valence-corrected chi connectivity index (χ0v) is 21.1. The van der Waals surface area contributed by atoms with Gasteiger partial charge in [0.2, 0.25) is 0 Å². The van der Waals surface area contributed by atoms with Crippen molar-refractivity contribution in [3.63, 3.8) is 0 Å². The number of likely N-dealkylation sites (N-methyl/N-ethyl adjacent to an activating group) is 2. The lowest BCUT2D eigenvalue weighted by atomic mass is 10.1. The van der Waals surface area contributed by atoms with E-state index in [1.165, 1.54) is 6.92 Å². The van der Waals surface area contributed by atoms with Crippen LogP contribution < -0.4 is 9.80 Å². The summed E-state index contributed by atoms with van der Waals surface area (Å²) in [6, 6.07) is 0.947. The molecular formula is C23H25ClF5N5O3. The number of pyridine rings is 1. The summed E-state index contributed by atoms with van der Waals surface area (Å²) in [5, 5.41) is 9.49. The molecule has 1 aliphatic rings. The summed E-state index contributed by atoms with van der Waals surface area (Å²) in [6.45, 7) is 0.912. The number of rotatable bonds is 7. The lowest BCUT2D eigenvalue weighted by molar-refractivity contribution is -0.137. The second kappa shape index (κ2) is 10.8. The summed E-state index contributed by atoms with van der Waals surface area (Å²) in [5.74, 6) is -3.60. The Morgan fingerprint density at radius 1 is 1.24 bits per heavy atom. The fraction of sp³-hybridized carbons (Fsp3) is 0.435. The first-order valence-electron chi connectivity index (χ1n) is 11.0. The number of aromatic nitrogens is 1. The van der Waals surface area contributed by atoms with Gasteiger partial charge < -0.3 is 19.8 Å². The number of hydrogen-bond acceptors (Lipinski definition) is 5. The number of carbonyl (C=O) groups is 2. The standard InChI is InChI=1S/C23H25ClF5N5O3/c1-12-7-13(23(27,28)29)8-18(30-12)34-17(11-33(22(34)37)10-14(35)9-31(2)3)21(36)32(4)16-6-5-15(25)19(24)20(16)26/h5-8,14,17,35H,9-11H2,1-4H3. The normalized spacial score (nSPS) is 17.1. The smallest absolute Gasteiger partial charge is 0.390 e. The lowest BCUT2D eigenvalue weighted by Crippen LogP contribution is -2.47. The molecule has 1 aromatic heterocycles. The SMILES string of the molecule is Cc1cc(C(F)(F)F)cc(N2C(=O)N(CC(O)CN(C)C)CC2C(=O)N(C)c2ccc(F)c(Cl)c2F)n1. The minimum absolute atomic E-state index is 0.0559. The molecule has 1 aliphatic heterocycles. The van der Waals surface area contributed by atoms with Crippen molar-refractivity contribution in [2.24, 2.45) is 0 Å². The van der Waals surface area contributed by atoms with Gasteiger partial charge in [-0.05, 0) is 45.3 Å². The van der Waals surface area contributed by atoms with Gasteiger partial charge in [-0.1, -0.05) is 11.6 Å². The summed E-state index contributed by atoms with van der Waals surface area (Å²) in [6.07, 6.45) is -5.78. The zero-order valence-electron chi connectivity index (χ0n) is 20.4. The van der Waals surface area contributed by atoms with Crippen molar-refractivity contribution >= 4 is 35.0 Å². The number of carbonyl (C=O) groups excluding carboxylic acids is 2. The van der Waals surface area contributed by atoms with Crippen LogP contribution in [-0.4, -0.2) is 84.8 Å². The third-order valence-corrected chi connectivity index (χ3v) is 6.04. The molecule has 37 heavy (non-hydrogen) atoms. The molecule has 0 spiro atoms. The van der Waals surface area contributed by atoms with Gasteiger partial charge in [0.05, 0.1) is 23.9 Å². The maximum Gasteiger partial charge on any atom is 0.416 e. The largest absolute Gasteiger partial charge is 0.416 e. The van der Waals surface area contributed by atoms with Crippen LogP contribution in [0, 0.1) is 18.6 Å². The lowest BCUT2D eigenvalue weighted by Gasteiger charge is -2.27. The van der Waals surface area contributed by atoms with Crippen molar-refractivity contribution in [3.8, 4) is 0 Å². The first-order chi connectivity index (χ1) is 17.1. The highest BCUT2D eigenvalue weighted by atomic mass is 35.5. The van der Waals surface area contributed by atoms with E-state index in [2.05, 4.69) is 4.98 Å². The van der Waals surface area contributed by atoms with E-state index >= 15 is 0 Å². The Morgan fingerprint density at radius 2 is 1.89 bits per heavy atom. The topological polar surface area (TPSA) is 80.2 Å². The van der Waals surface area contributed by atoms with Crippen LogP contribution in [-0.2, 0) is 11.0 Å². The number of alkyl halides is 3. The van der Waals surface area contributed by atoms with E-state index in [9.17, 15) is 36.6 Å². The number of benzene rings is 1. The quantitative estimate of drug-likeness (QED) is 0.422. The van der Waals surface area contributed by atoms with Crippen LogP contribution in [0.15, 0.2) is 24.3 Å². The molecule has 3 rings (SSSR count). The number of aliphatic hydroxyl groups is 1. The van der Waals surface area contributed by atoms with E-state index in [0.29, 0.717) is 6.07 Å². The van der Waals surface area contributed by atoms with Crippen molar-refractivity contribution in [1.29, 1.82) is 0 Å². The third kappa shape index (κ3) is 6.11. The summed E-state index contributed by atoms with van der Waals surface area (Å²) in [7, 11) is 4.55. The van der Waals surface area contributed by atoms with E-state index in [1.54, 1.807) is 19.0 Å². The molecule has 2 unspecified atom stereocenters. The number of aliphatic hydroxyl groups excluding tert-OH is 1. The maximum atomic E-state index is 14.6. The first-order valence-corrected chi connectivity index (χ1v) is 11.4. The van der Waals surface area contributed by atoms with Gasteiger partial charge in [0, 0.05) is 25.8 Å². The molecule has 8 nitrogen and oxygen atoms in total. The minimum Gasteiger partial charge on any atom is -0.390 e. The van der Waals surface area contributed by atoms with Gasteiger partial charge in [0.25, 0.3) is 5.91 Å². The Morgan fingerprint density at radius 3 is 2.49 bits per heavy atom. The molecule has 2 atom stereocenters. The van der Waals surface area contributed by atoms with Crippen molar-refractivity contribution in [2.75, 3.05) is 50.6 Å². The number of anilines is 2. The van der Waals surface area contributed by atoms with Gasteiger partial charge >= 0.3 is 12.2 Å². The van der Waals surface area contributed by atoms with Crippen LogP contribution in [0.3, 0.4) is 0 Å². The molecule has 2 heterocycles. The number of aryl methyl sites for hydroxylation is 1. The average Bonchev–Trinajstić information content (AvgIpc) is 3.10. The van der Waals surface area contributed by atoms with E-state index in [-0.39, 0.29) is 25.3 Å². The molecule has 0 radical (unpaired) electrons. The Balaban J connectivity index is 2.04. The molecule has 1 fully saturated rings. The van der Waals surface area contributed by atoms with Crippen LogP contribution in [0.1, 0.15) is 11.3 Å². The second-order valence-corrected chi connectivity index (χ2v) is 9.31. The molecule has 1 saturated heterocycles. The van der Waals surface area contributed by atoms with Crippen LogP contribution in [0.5, 0.6) is 0 Å². The third-order valence-electron chi connectivity index (χ3n) is 5.69. The summed E-state index contributed by atoms with van der Waals surface area (Å²) < 4.78 is 68.7. The summed E-state index contributed by atoms with van der Waals surface area (Å²) >= 11 is 5.63. The Bertz CT molecular complexity index is 1200. The predicted molar refractivity (Wildman–Crippen MR) is 127 cm³/mol. The van der Waals surface area contributed by atoms with Gasteiger partial charge in [-0.15, -0.1) is 0 Å². The molecule has 1 aromatic carbocycles. The fourth-order valence-electron chi connectivity index (χ4n) is 4.04. The highest BCUT2D eigenvalue weighted by Crippen LogP contribution is 2.35. The average molecular weight is 550 g/mol. The number of β-amino-alcohol motifs (C(OH)–C–C–N with tert-alkyl or cyclic N) is 1. The van der Waals surface area contributed by atoms with E-state index in [1.807, 2.05) is 0 Å². The number of urea groups is 1. The van der Waals surface area contributed by atoms with Crippen LogP contribution in [0.25, 0.3) is 0 Å². The Labute approximate surface area is 214 Å². The molecule has 1 N–H and O–H groups in total. The minimum atomic E-state index is -4.75. The van der Waals surface area contributed by atoms with E-state index in [4.69, 9.17) is 11.6 Å². The van der Waals surface area contributed by atoms with E-state index in [0.717, 1.165) is 39.9 Å². The second-order valence-electron chi connectivity index (χ2n) is 8.93. The Kier molecular flexibility index (Phi) is 8.30. The van der Waals surface area contributed by atoms with E-state index < -0.39 is 64.0 Å². The first kappa shape index (κ1) is 28.5. The van der Waals surface area contributed by atoms with Gasteiger partial charge in [-0.2, -0.15) is 13.2 Å². The zero-order chi connectivity index (χ0) is 27.8. The van der Waals surface area contributed by atoms with Crippen molar-refractivity contribution < 1.29 is 36.6 Å². The highest BCUT2D eigenvalue weighted by Gasteiger charge is 2.46. The number of amides is 3. The maximum absolute atomic E-state index is 14.6. The molecule has 3 amide bonds. The molecule has 0 aliphatic carbocycles. The molecule has 14 heteroatoms. The summed E-state index contributed by atoms with van der Waals surface area (Å²) in [4.78, 5) is 35.2. The molecule has 2 aromatic rings. The van der Waals surface area contributed by atoms with Crippen LogP contribution in [0.2, 0.25) is 5.02 Å². The van der Waals surface area contributed by atoms with Crippen molar-refractivity contribution in [1.82, 2.24) is 14.8 Å². The van der Waals surface area contributed by atoms with Crippen molar-refractivity contribution in [2.45, 2.75) is 25.2 Å². The summed E-state index contributed by atoms with van der Waals surface area (Å²) in [5.41, 5.74) is -1.53. The molecule has 202 valence electrons. The highest BCUT2D eigenvalue weighted by molar-refractivity contribution is 6.31. The molecule has 0 bridgehead atoms.